The van der Waals surface area contributed by atoms with E-state index in [2.05, 4.69) is 12.3 Å². The second kappa shape index (κ2) is 6.25. The van der Waals surface area contributed by atoms with E-state index in [1.54, 1.807) is 13.2 Å². The van der Waals surface area contributed by atoms with Crippen LogP contribution in [-0.2, 0) is 6.42 Å². The minimum Gasteiger partial charge on any atom is -0.496 e. The second-order valence-electron chi connectivity index (χ2n) is 4.01. The Morgan fingerprint density at radius 1 is 1.47 bits per heavy atom. The number of unbranched alkanes of at least 4 members (excludes halogenated alkanes) is 1. The number of nitrogens with two attached hydrogens (primary N) is 1. The average Bonchev–Trinajstić information content (AvgIpc) is 2.35. The first kappa shape index (κ1) is 13.5. The molecule has 3 N–H and O–H groups in total. The summed E-state index contributed by atoms with van der Waals surface area (Å²) in [6.07, 6.45) is 3.20. The molecule has 0 saturated carbocycles. The van der Waals surface area contributed by atoms with Crippen LogP contribution in [0.1, 0.15) is 41.3 Å². The Kier molecular flexibility index (Phi) is 4.97. The molecule has 0 heterocycles. The van der Waals surface area contributed by atoms with Gasteiger partial charge in [-0.15, -0.1) is 0 Å². The lowest BCUT2D eigenvalue weighted by atomic mass is 9.99. The van der Waals surface area contributed by atoms with Crippen molar-refractivity contribution in [2.75, 3.05) is 7.11 Å². The molecule has 1 aromatic carbocycles. The van der Waals surface area contributed by atoms with Gasteiger partial charge in [-0.1, -0.05) is 19.4 Å². The van der Waals surface area contributed by atoms with Gasteiger partial charge in [-0.2, -0.15) is 0 Å². The molecule has 0 atom stereocenters. The zero-order valence-corrected chi connectivity index (χ0v) is 10.7. The van der Waals surface area contributed by atoms with Gasteiger partial charge in [-0.25, -0.2) is 5.84 Å². The molecule has 0 radical (unpaired) electrons. The minimum atomic E-state index is -0.289. The van der Waals surface area contributed by atoms with Crippen LogP contribution in [-0.4, -0.2) is 13.0 Å². The third-order valence-electron chi connectivity index (χ3n) is 2.87. The Morgan fingerprint density at radius 2 is 2.18 bits per heavy atom. The molecule has 1 aromatic rings. The quantitative estimate of drug-likeness (QED) is 0.466. The van der Waals surface area contributed by atoms with Crippen LogP contribution in [0.15, 0.2) is 12.1 Å². The number of rotatable bonds is 5. The van der Waals surface area contributed by atoms with Crippen molar-refractivity contribution in [2.45, 2.75) is 33.1 Å². The third kappa shape index (κ3) is 2.97. The highest BCUT2D eigenvalue weighted by Crippen LogP contribution is 2.27. The first-order valence-corrected chi connectivity index (χ1v) is 5.83. The number of nitrogens with one attached hydrogen (secondary N) is 1. The van der Waals surface area contributed by atoms with E-state index < -0.39 is 0 Å². The Morgan fingerprint density at radius 3 is 2.71 bits per heavy atom. The summed E-state index contributed by atoms with van der Waals surface area (Å²) in [5.41, 5.74) is 4.68. The van der Waals surface area contributed by atoms with Crippen LogP contribution in [0.3, 0.4) is 0 Å². The minimum absolute atomic E-state index is 0.289. The van der Waals surface area contributed by atoms with E-state index in [9.17, 15) is 4.79 Å². The number of hydrogen-bond acceptors (Lipinski definition) is 3. The number of carbonyl (C=O) groups excluding carboxylic acids is 1. The molecule has 94 valence electrons. The fourth-order valence-corrected chi connectivity index (χ4v) is 1.92. The van der Waals surface area contributed by atoms with Crippen LogP contribution < -0.4 is 16.0 Å². The molecule has 1 rings (SSSR count). The van der Waals surface area contributed by atoms with Gasteiger partial charge in [-0.3, -0.25) is 10.2 Å². The van der Waals surface area contributed by atoms with Crippen molar-refractivity contribution in [1.82, 2.24) is 5.43 Å². The molecule has 0 unspecified atom stereocenters. The molecule has 0 aromatic heterocycles. The molecular weight excluding hydrogens is 216 g/mol. The van der Waals surface area contributed by atoms with E-state index in [0.717, 1.165) is 36.1 Å². The van der Waals surface area contributed by atoms with E-state index in [0.29, 0.717) is 5.56 Å². The summed E-state index contributed by atoms with van der Waals surface area (Å²) in [7, 11) is 1.63. The van der Waals surface area contributed by atoms with Crippen molar-refractivity contribution in [2.24, 2.45) is 5.84 Å². The fraction of sp³-hybridized carbons (Fsp3) is 0.462. The van der Waals surface area contributed by atoms with Crippen molar-refractivity contribution in [3.05, 3.63) is 28.8 Å². The zero-order valence-electron chi connectivity index (χ0n) is 10.7. The number of benzene rings is 1. The highest BCUT2D eigenvalue weighted by molar-refractivity contribution is 5.96. The van der Waals surface area contributed by atoms with E-state index in [4.69, 9.17) is 10.6 Å². The van der Waals surface area contributed by atoms with Crippen molar-refractivity contribution in [3.63, 3.8) is 0 Å². The molecule has 4 heteroatoms. The van der Waals surface area contributed by atoms with Crippen LogP contribution in [0.2, 0.25) is 0 Å². The summed E-state index contributed by atoms with van der Waals surface area (Å²) in [6, 6.07) is 3.73. The van der Waals surface area contributed by atoms with Crippen LogP contribution in [0, 0.1) is 6.92 Å². The first-order valence-electron chi connectivity index (χ1n) is 5.83. The number of amides is 1. The highest BCUT2D eigenvalue weighted by atomic mass is 16.5. The lowest BCUT2D eigenvalue weighted by Gasteiger charge is -2.14. The predicted octanol–water partition coefficient (Wildman–Crippen LogP) is 1.95. The second-order valence-corrected chi connectivity index (χ2v) is 4.01. The summed E-state index contributed by atoms with van der Waals surface area (Å²) in [5, 5.41) is 0. The molecule has 1 amide bonds. The van der Waals surface area contributed by atoms with E-state index in [1.807, 2.05) is 13.0 Å². The topological polar surface area (TPSA) is 64.4 Å². The molecule has 0 aliphatic carbocycles. The number of methoxy groups -OCH3 is 1. The zero-order chi connectivity index (χ0) is 12.8. The SMILES string of the molecule is CCCCc1ccc(C(=O)NN)c(C)c1OC. The van der Waals surface area contributed by atoms with Gasteiger partial charge in [0, 0.05) is 11.1 Å². The average molecular weight is 236 g/mol. The number of carbonyl (C=O) groups is 1. The first-order chi connectivity index (χ1) is 8.15. The van der Waals surface area contributed by atoms with Crippen LogP contribution in [0.4, 0.5) is 0 Å². The van der Waals surface area contributed by atoms with Gasteiger partial charge < -0.3 is 4.74 Å². The Balaban J connectivity index is 3.12. The third-order valence-corrected chi connectivity index (χ3v) is 2.87. The number of hydrazine groups is 1. The predicted molar refractivity (Wildman–Crippen MR) is 68.0 cm³/mol. The molecule has 0 bridgehead atoms. The molecule has 0 spiro atoms. The maximum atomic E-state index is 11.5. The number of ether oxygens (including phenoxy) is 1. The summed E-state index contributed by atoms with van der Waals surface area (Å²) in [6.45, 7) is 4.02. The molecular formula is C13H20N2O2. The molecule has 0 aliphatic rings. The molecule has 0 aliphatic heterocycles. The summed E-state index contributed by atoms with van der Waals surface area (Å²) < 4.78 is 5.39. The molecule has 0 fully saturated rings. The van der Waals surface area contributed by atoms with E-state index >= 15 is 0 Å². The Bertz CT molecular complexity index is 403. The van der Waals surface area contributed by atoms with Crippen LogP contribution >= 0.6 is 0 Å². The summed E-state index contributed by atoms with van der Waals surface area (Å²) in [4.78, 5) is 11.5. The van der Waals surface area contributed by atoms with Gasteiger partial charge in [-0.05, 0) is 31.4 Å². The highest BCUT2D eigenvalue weighted by Gasteiger charge is 2.14. The fourth-order valence-electron chi connectivity index (χ4n) is 1.92. The maximum Gasteiger partial charge on any atom is 0.265 e. The van der Waals surface area contributed by atoms with Gasteiger partial charge in [0.1, 0.15) is 5.75 Å². The number of hydrogen-bond donors (Lipinski definition) is 2. The van der Waals surface area contributed by atoms with Crippen LogP contribution in [0.25, 0.3) is 0 Å². The van der Waals surface area contributed by atoms with Gasteiger partial charge in [0.25, 0.3) is 5.91 Å². The lowest BCUT2D eigenvalue weighted by Crippen LogP contribution is -2.30. The molecule has 4 nitrogen and oxygen atoms in total. The normalized spacial score (nSPS) is 10.1. The van der Waals surface area contributed by atoms with Crippen LogP contribution in [0.5, 0.6) is 5.75 Å². The van der Waals surface area contributed by atoms with Gasteiger partial charge in [0.2, 0.25) is 0 Å². The van der Waals surface area contributed by atoms with Crippen molar-refractivity contribution in [1.29, 1.82) is 0 Å². The van der Waals surface area contributed by atoms with Gasteiger partial charge >= 0.3 is 0 Å². The summed E-state index contributed by atoms with van der Waals surface area (Å²) in [5.74, 6) is 5.64. The van der Waals surface area contributed by atoms with Crippen molar-refractivity contribution in [3.8, 4) is 5.75 Å². The standard InChI is InChI=1S/C13H20N2O2/c1-4-5-6-10-7-8-11(13(16)15-14)9(2)12(10)17-3/h7-8H,4-6,14H2,1-3H3,(H,15,16). The van der Waals surface area contributed by atoms with Crippen molar-refractivity contribution >= 4 is 5.91 Å². The maximum absolute atomic E-state index is 11.5. The van der Waals surface area contributed by atoms with Crippen molar-refractivity contribution < 1.29 is 9.53 Å². The van der Waals surface area contributed by atoms with Gasteiger partial charge in [0.05, 0.1) is 7.11 Å². The smallest absolute Gasteiger partial charge is 0.265 e. The number of aryl methyl sites for hydroxylation is 1. The van der Waals surface area contributed by atoms with E-state index in [-0.39, 0.29) is 5.91 Å². The lowest BCUT2D eigenvalue weighted by molar-refractivity contribution is 0.0952. The van der Waals surface area contributed by atoms with Gasteiger partial charge in [0.15, 0.2) is 0 Å². The Labute approximate surface area is 102 Å². The Hall–Kier alpha value is -1.55. The molecule has 0 saturated heterocycles. The summed E-state index contributed by atoms with van der Waals surface area (Å²) >= 11 is 0. The van der Waals surface area contributed by atoms with E-state index in [1.165, 1.54) is 0 Å². The largest absolute Gasteiger partial charge is 0.496 e. The molecule has 17 heavy (non-hydrogen) atoms. The number of nitrogen functional groups attached to an aromatic ring is 1. The monoisotopic (exact) mass is 236 g/mol.